The van der Waals surface area contributed by atoms with Gasteiger partial charge in [-0.15, -0.1) is 0 Å². The van der Waals surface area contributed by atoms with Crippen LogP contribution in [0.3, 0.4) is 0 Å². The molecule has 4 rings (SSSR count). The zero-order valence-electron chi connectivity index (χ0n) is 22.8. The molecule has 11 nitrogen and oxygen atoms in total. The number of amides is 1. The molecule has 2 heterocycles. The van der Waals surface area contributed by atoms with Crippen LogP contribution in [0, 0.1) is 0 Å². The van der Waals surface area contributed by atoms with Crippen LogP contribution < -0.4 is 35.7 Å². The average molecular weight is 572 g/mol. The molecular weight excluding hydrogens is 536 g/mol. The quantitative estimate of drug-likeness (QED) is 0.279. The number of ether oxygens (including phenoxy) is 4. The molecule has 1 amide bonds. The van der Waals surface area contributed by atoms with Gasteiger partial charge in [0.2, 0.25) is 0 Å². The molecule has 1 atom stereocenters. The molecule has 0 unspecified atom stereocenters. The Morgan fingerprint density at radius 3 is 1.95 bits per heavy atom. The number of nitrogens with zero attached hydrogens (tertiary/aromatic N) is 3. The van der Waals surface area contributed by atoms with Gasteiger partial charge >= 0.3 is 0 Å². The number of nitrogens with two attached hydrogens (primary N) is 2. The van der Waals surface area contributed by atoms with Crippen LogP contribution in [-0.2, 0) is 0 Å². The van der Waals surface area contributed by atoms with Crippen molar-refractivity contribution in [2.45, 2.75) is 18.9 Å². The summed E-state index contributed by atoms with van der Waals surface area (Å²) in [6, 6.07) is 14.9. The van der Waals surface area contributed by atoms with Crippen molar-refractivity contribution in [3.8, 4) is 23.0 Å². The van der Waals surface area contributed by atoms with E-state index >= 15 is 0 Å². The Balaban J connectivity index is 1.43. The third kappa shape index (κ3) is 7.57. The number of nitrogens with one attached hydrogen (secondary N) is 1. The molecule has 3 aromatic rings. The molecule has 1 fully saturated rings. The number of aromatic nitrogens is 2. The monoisotopic (exact) mass is 571 g/mol. The number of halogens is 1. The van der Waals surface area contributed by atoms with Gasteiger partial charge < -0.3 is 40.2 Å². The molecule has 1 saturated heterocycles. The first-order valence-corrected chi connectivity index (χ1v) is 13.5. The molecule has 1 aliphatic heterocycles. The van der Waals surface area contributed by atoms with Crippen molar-refractivity contribution in [3.63, 3.8) is 0 Å². The highest BCUT2D eigenvalue weighted by Gasteiger charge is 2.36. The first kappa shape index (κ1) is 29.0. The fourth-order valence-electron chi connectivity index (χ4n) is 4.88. The zero-order chi connectivity index (χ0) is 28.5. The van der Waals surface area contributed by atoms with E-state index in [9.17, 15) is 4.79 Å². The number of methoxy groups -OCH3 is 2. The topological polar surface area (TPSA) is 144 Å². The Kier molecular flexibility index (Phi) is 9.73. The van der Waals surface area contributed by atoms with E-state index in [0.29, 0.717) is 24.2 Å². The van der Waals surface area contributed by atoms with E-state index in [0.717, 1.165) is 55.5 Å². The number of hydrogen-bond acceptors (Lipinski definition) is 9. The zero-order valence-corrected chi connectivity index (χ0v) is 23.5. The summed E-state index contributed by atoms with van der Waals surface area (Å²) in [6.07, 6.45) is 1.74. The normalized spacial score (nSPS) is 16.1. The highest BCUT2D eigenvalue weighted by atomic mass is 35.5. The van der Waals surface area contributed by atoms with Crippen molar-refractivity contribution in [1.82, 2.24) is 15.3 Å². The van der Waals surface area contributed by atoms with Gasteiger partial charge in [-0.25, -0.2) is 9.97 Å². The molecule has 0 saturated carbocycles. The highest BCUT2D eigenvalue weighted by molar-refractivity contribution is 6.31. The summed E-state index contributed by atoms with van der Waals surface area (Å²) < 4.78 is 23.3. The number of likely N-dealkylation sites (tertiary alicyclic amines) is 1. The van der Waals surface area contributed by atoms with Crippen LogP contribution in [-0.4, -0.2) is 80.0 Å². The summed E-state index contributed by atoms with van der Waals surface area (Å²) in [5, 5.41) is 3.02. The maximum Gasteiger partial charge on any atom is 0.274 e. The first-order chi connectivity index (χ1) is 19.3. The molecule has 1 aromatic heterocycles. The molecule has 40 heavy (non-hydrogen) atoms. The van der Waals surface area contributed by atoms with Gasteiger partial charge in [-0.05, 0) is 61.4 Å². The van der Waals surface area contributed by atoms with E-state index in [1.807, 2.05) is 48.5 Å². The molecule has 2 aromatic carbocycles. The Morgan fingerprint density at radius 1 is 0.900 bits per heavy atom. The van der Waals surface area contributed by atoms with Crippen LogP contribution in [0.4, 0.5) is 11.6 Å². The lowest BCUT2D eigenvalue weighted by Gasteiger charge is -2.44. The second kappa shape index (κ2) is 13.4. The van der Waals surface area contributed by atoms with Gasteiger partial charge in [0.1, 0.15) is 49.3 Å². The second-order valence-electron chi connectivity index (χ2n) is 9.69. The molecule has 0 spiro atoms. The van der Waals surface area contributed by atoms with E-state index in [1.165, 1.54) is 0 Å². The first-order valence-electron chi connectivity index (χ1n) is 13.1. The van der Waals surface area contributed by atoms with Crippen molar-refractivity contribution in [2.75, 3.05) is 65.1 Å². The van der Waals surface area contributed by atoms with Gasteiger partial charge in [-0.3, -0.25) is 4.79 Å². The van der Waals surface area contributed by atoms with E-state index in [4.69, 9.17) is 42.0 Å². The highest BCUT2D eigenvalue weighted by Crippen LogP contribution is 2.24. The SMILES string of the molecule is COc1ccc(OCC[N+]2(CCOc3ccc(OC)cc3)CCC[C@H](NC(=O)c3nc(Cl)c(N)nc3N)C2)cc1. The number of benzene rings is 2. The third-order valence-electron chi connectivity index (χ3n) is 7.04. The number of rotatable bonds is 12. The summed E-state index contributed by atoms with van der Waals surface area (Å²) in [5.74, 6) is 2.58. The largest absolute Gasteiger partial charge is 0.497 e. The minimum Gasteiger partial charge on any atom is -0.497 e. The van der Waals surface area contributed by atoms with Crippen LogP contribution in [0.15, 0.2) is 48.5 Å². The molecule has 12 heteroatoms. The molecule has 0 radical (unpaired) electrons. The van der Waals surface area contributed by atoms with Crippen LogP contribution >= 0.6 is 11.6 Å². The van der Waals surface area contributed by atoms with Gasteiger partial charge in [-0.1, -0.05) is 11.6 Å². The predicted octanol–water partition coefficient (Wildman–Crippen LogP) is 3.18. The van der Waals surface area contributed by atoms with Crippen LogP contribution in [0.25, 0.3) is 0 Å². The standard InChI is InChI=1S/C28H35ClN6O5/c1-37-20-5-9-22(10-6-20)39-16-14-35(15-17-40-23-11-7-21(38-2)8-12-23)13-3-4-19(18-35)32-28(36)24-26(30)34-27(31)25(29)33-24/h5-12,19H,3-4,13-18H2,1-2H3,(H4-,30,31,32,34,36)/p+1/t19-/m0/s1. The number of piperidine rings is 1. The summed E-state index contributed by atoms with van der Waals surface area (Å²) in [7, 11) is 3.26. The fourth-order valence-corrected chi connectivity index (χ4v) is 5.01. The second-order valence-corrected chi connectivity index (χ2v) is 10.0. The van der Waals surface area contributed by atoms with E-state index in [2.05, 4.69) is 15.3 Å². The van der Waals surface area contributed by atoms with Crippen LogP contribution in [0.2, 0.25) is 5.15 Å². The van der Waals surface area contributed by atoms with Crippen molar-refractivity contribution in [2.24, 2.45) is 0 Å². The maximum absolute atomic E-state index is 13.0. The summed E-state index contributed by atoms with van der Waals surface area (Å²) in [4.78, 5) is 21.0. The maximum atomic E-state index is 13.0. The van der Waals surface area contributed by atoms with Crippen molar-refractivity contribution < 1.29 is 28.2 Å². The number of carbonyl (C=O) groups is 1. The summed E-state index contributed by atoms with van der Waals surface area (Å²) in [6.45, 7) is 4.10. The molecule has 0 aliphatic carbocycles. The predicted molar refractivity (Wildman–Crippen MR) is 153 cm³/mol. The van der Waals surface area contributed by atoms with Gasteiger partial charge in [0.25, 0.3) is 5.91 Å². The number of quaternary nitrogens is 1. The number of nitrogen functional groups attached to an aromatic ring is 2. The Morgan fingerprint density at radius 2 is 1.43 bits per heavy atom. The number of hydrogen-bond donors (Lipinski definition) is 3. The fraction of sp³-hybridized carbons (Fsp3) is 0.393. The van der Waals surface area contributed by atoms with Crippen molar-refractivity contribution in [1.29, 1.82) is 0 Å². The van der Waals surface area contributed by atoms with Crippen molar-refractivity contribution in [3.05, 3.63) is 59.4 Å². The molecule has 0 bridgehead atoms. The minimum absolute atomic E-state index is 0.0159. The van der Waals surface area contributed by atoms with E-state index < -0.39 is 5.91 Å². The molecule has 5 N–H and O–H groups in total. The lowest BCUT2D eigenvalue weighted by molar-refractivity contribution is -0.933. The van der Waals surface area contributed by atoms with Gasteiger partial charge in [0.15, 0.2) is 22.5 Å². The Labute approximate surface area is 238 Å². The van der Waals surface area contributed by atoms with Gasteiger partial charge in [0.05, 0.1) is 33.4 Å². The van der Waals surface area contributed by atoms with Gasteiger partial charge in [0, 0.05) is 0 Å². The number of anilines is 2. The minimum atomic E-state index is -0.430. The Hall–Kier alpha value is -3.96. The molecule has 214 valence electrons. The van der Waals surface area contributed by atoms with E-state index in [1.54, 1.807) is 14.2 Å². The third-order valence-corrected chi connectivity index (χ3v) is 7.31. The lowest BCUT2D eigenvalue weighted by atomic mass is 10.0. The van der Waals surface area contributed by atoms with Crippen LogP contribution in [0.5, 0.6) is 23.0 Å². The van der Waals surface area contributed by atoms with Crippen molar-refractivity contribution >= 4 is 29.1 Å². The number of carbonyl (C=O) groups excluding carboxylic acids is 1. The Bertz CT molecular complexity index is 1220. The van der Waals surface area contributed by atoms with E-state index in [-0.39, 0.29) is 28.5 Å². The average Bonchev–Trinajstić information content (AvgIpc) is 2.96. The smallest absolute Gasteiger partial charge is 0.274 e. The van der Waals surface area contributed by atoms with Crippen LogP contribution in [0.1, 0.15) is 23.3 Å². The summed E-state index contributed by atoms with van der Waals surface area (Å²) in [5.41, 5.74) is 11.5. The van der Waals surface area contributed by atoms with Gasteiger partial charge in [-0.2, -0.15) is 0 Å². The lowest BCUT2D eigenvalue weighted by Crippen LogP contribution is -2.62. The molecular formula is C28H36ClN6O5+. The summed E-state index contributed by atoms with van der Waals surface area (Å²) >= 11 is 5.99. The molecule has 1 aliphatic rings.